The molecule has 2 fully saturated rings. The van der Waals surface area contributed by atoms with Crippen LogP contribution in [0.5, 0.6) is 0 Å². The van der Waals surface area contributed by atoms with Crippen LogP contribution in [0.4, 0.5) is 5.82 Å². The van der Waals surface area contributed by atoms with Crippen molar-refractivity contribution in [2.75, 3.05) is 44.1 Å². The number of thioether (sulfide) groups is 2. The van der Waals surface area contributed by atoms with E-state index in [1.54, 1.807) is 40.7 Å². The summed E-state index contributed by atoms with van der Waals surface area (Å²) in [5.74, 6) is 3.36. The number of rotatable bonds is 7. The maximum absolute atomic E-state index is 13.0. The van der Waals surface area contributed by atoms with Crippen molar-refractivity contribution in [1.29, 1.82) is 0 Å². The number of anilines is 1. The number of hydrogen-bond acceptors (Lipinski definition) is 6. The monoisotopic (exact) mass is 394 g/mol. The Labute approximate surface area is 163 Å². The van der Waals surface area contributed by atoms with Gasteiger partial charge in [0.1, 0.15) is 10.4 Å². The van der Waals surface area contributed by atoms with Crippen LogP contribution in [-0.4, -0.2) is 71.5 Å². The Morgan fingerprint density at radius 2 is 1.96 bits per heavy atom. The van der Waals surface area contributed by atoms with Gasteiger partial charge in [0, 0.05) is 51.0 Å². The minimum Gasteiger partial charge on any atom is -0.363 e. The van der Waals surface area contributed by atoms with Crippen molar-refractivity contribution in [2.45, 2.75) is 23.5 Å². The lowest BCUT2D eigenvalue weighted by molar-refractivity contribution is -0.119. The van der Waals surface area contributed by atoms with Crippen molar-refractivity contribution in [1.82, 2.24) is 15.2 Å². The van der Waals surface area contributed by atoms with E-state index in [0.717, 1.165) is 30.2 Å². The molecular formula is C18H26N4O2S2. The number of pyridine rings is 1. The molecule has 1 aromatic rings. The second-order valence-electron chi connectivity index (χ2n) is 6.94. The second-order valence-corrected chi connectivity index (χ2v) is 9.66. The molecule has 1 saturated heterocycles. The van der Waals surface area contributed by atoms with Gasteiger partial charge in [-0.2, -0.15) is 0 Å². The summed E-state index contributed by atoms with van der Waals surface area (Å²) in [4.78, 5) is 33.2. The highest BCUT2D eigenvalue weighted by atomic mass is 32.2. The number of nitrogens with one attached hydrogen (secondary N) is 1. The van der Waals surface area contributed by atoms with Crippen molar-refractivity contribution >= 4 is 41.2 Å². The minimum absolute atomic E-state index is 0.00120. The summed E-state index contributed by atoms with van der Waals surface area (Å²) in [7, 11) is 5.65. The van der Waals surface area contributed by atoms with Crippen LogP contribution in [0.2, 0.25) is 0 Å². The smallest absolute Gasteiger partial charge is 0.254 e. The molecule has 1 aliphatic carbocycles. The summed E-state index contributed by atoms with van der Waals surface area (Å²) in [6, 6.07) is 3.60. The molecule has 1 unspecified atom stereocenters. The van der Waals surface area contributed by atoms with Crippen LogP contribution in [0, 0.1) is 5.92 Å². The fraction of sp³-hybridized carbons (Fsp3) is 0.611. The minimum atomic E-state index is -0.0220. The molecule has 2 amide bonds. The van der Waals surface area contributed by atoms with Crippen LogP contribution < -0.4 is 10.2 Å². The molecule has 1 aromatic heterocycles. The summed E-state index contributed by atoms with van der Waals surface area (Å²) >= 11 is 3.40. The Bertz CT molecular complexity index is 660. The SMILES string of the molecule is CN(C)c1cc(C(=O)N(C)C(CNC(=O)C2SCCS2)C2CC2)ccn1. The molecule has 26 heavy (non-hydrogen) atoms. The Hall–Kier alpha value is -1.41. The predicted molar refractivity (Wildman–Crippen MR) is 109 cm³/mol. The van der Waals surface area contributed by atoms with E-state index in [2.05, 4.69) is 10.3 Å². The first-order valence-corrected chi connectivity index (χ1v) is 11.0. The first-order chi connectivity index (χ1) is 12.5. The van der Waals surface area contributed by atoms with E-state index in [1.807, 2.05) is 32.1 Å². The van der Waals surface area contributed by atoms with Crippen molar-refractivity contribution in [3.8, 4) is 0 Å². The Morgan fingerprint density at radius 3 is 2.58 bits per heavy atom. The molecule has 1 saturated carbocycles. The molecule has 1 atom stereocenters. The molecule has 3 rings (SSSR count). The average molecular weight is 395 g/mol. The number of aromatic nitrogens is 1. The number of carbonyl (C=O) groups excluding carboxylic acids is 2. The van der Waals surface area contributed by atoms with E-state index in [9.17, 15) is 9.59 Å². The van der Waals surface area contributed by atoms with Crippen molar-refractivity contribution in [2.24, 2.45) is 5.92 Å². The fourth-order valence-electron chi connectivity index (χ4n) is 3.05. The Morgan fingerprint density at radius 1 is 1.27 bits per heavy atom. The summed E-state index contributed by atoms with van der Waals surface area (Å²) < 4.78 is -0.00120. The molecule has 0 spiro atoms. The van der Waals surface area contributed by atoms with E-state index in [-0.39, 0.29) is 22.4 Å². The van der Waals surface area contributed by atoms with Gasteiger partial charge in [-0.15, -0.1) is 23.5 Å². The summed E-state index contributed by atoms with van der Waals surface area (Å²) in [5.41, 5.74) is 0.630. The summed E-state index contributed by atoms with van der Waals surface area (Å²) in [6.45, 7) is 0.523. The van der Waals surface area contributed by atoms with Gasteiger partial charge in [-0.3, -0.25) is 9.59 Å². The number of amides is 2. The van der Waals surface area contributed by atoms with Crippen molar-refractivity contribution in [3.05, 3.63) is 23.9 Å². The molecule has 1 N–H and O–H groups in total. The second kappa shape index (κ2) is 8.52. The maximum atomic E-state index is 13.0. The average Bonchev–Trinajstić information content (AvgIpc) is 3.32. The standard InChI is InChI=1S/C18H26N4O2S2/c1-21(2)15-10-13(6-7-19-15)17(24)22(3)14(12-4-5-12)11-20-16(23)18-25-8-9-26-18/h6-7,10,12,14,18H,4-5,8-9,11H2,1-3H3,(H,20,23). The van der Waals surface area contributed by atoms with Crippen LogP contribution in [0.25, 0.3) is 0 Å². The van der Waals surface area contributed by atoms with E-state index in [4.69, 9.17) is 0 Å². The van der Waals surface area contributed by atoms with Crippen molar-refractivity contribution in [3.63, 3.8) is 0 Å². The fourth-order valence-corrected chi connectivity index (χ4v) is 5.68. The first-order valence-electron chi connectivity index (χ1n) is 8.89. The Kier molecular flexibility index (Phi) is 6.34. The van der Waals surface area contributed by atoms with E-state index < -0.39 is 0 Å². The lowest BCUT2D eigenvalue weighted by atomic mass is 10.1. The number of carbonyl (C=O) groups is 2. The van der Waals surface area contributed by atoms with Crippen LogP contribution in [-0.2, 0) is 4.79 Å². The van der Waals surface area contributed by atoms with Gasteiger partial charge in [-0.05, 0) is 30.9 Å². The lowest BCUT2D eigenvalue weighted by Gasteiger charge is -2.29. The Balaban J connectivity index is 1.64. The van der Waals surface area contributed by atoms with Gasteiger partial charge in [0.05, 0.1) is 6.04 Å². The first kappa shape index (κ1) is 19.4. The van der Waals surface area contributed by atoms with Crippen LogP contribution in [0.1, 0.15) is 23.2 Å². The van der Waals surface area contributed by atoms with Crippen LogP contribution >= 0.6 is 23.5 Å². The number of nitrogens with zero attached hydrogens (tertiary/aromatic N) is 3. The van der Waals surface area contributed by atoms with Gasteiger partial charge >= 0.3 is 0 Å². The zero-order valence-corrected chi connectivity index (χ0v) is 17.1. The maximum Gasteiger partial charge on any atom is 0.254 e. The predicted octanol–water partition coefficient (Wildman–Crippen LogP) is 1.92. The highest BCUT2D eigenvalue weighted by Crippen LogP contribution is 2.36. The zero-order valence-electron chi connectivity index (χ0n) is 15.5. The molecule has 0 radical (unpaired) electrons. The third-order valence-electron chi connectivity index (χ3n) is 4.76. The number of hydrogen-bond donors (Lipinski definition) is 1. The molecule has 2 aliphatic rings. The third kappa shape index (κ3) is 4.65. The quantitative estimate of drug-likeness (QED) is 0.762. The van der Waals surface area contributed by atoms with E-state index >= 15 is 0 Å². The zero-order chi connectivity index (χ0) is 18.7. The van der Waals surface area contributed by atoms with Gasteiger partial charge in [0.25, 0.3) is 5.91 Å². The molecule has 2 heterocycles. The lowest BCUT2D eigenvalue weighted by Crippen LogP contribution is -2.47. The van der Waals surface area contributed by atoms with Gasteiger partial charge in [-0.25, -0.2) is 4.98 Å². The van der Waals surface area contributed by atoms with Gasteiger partial charge < -0.3 is 15.1 Å². The topological polar surface area (TPSA) is 65.5 Å². The van der Waals surface area contributed by atoms with Gasteiger partial charge in [0.2, 0.25) is 5.91 Å². The van der Waals surface area contributed by atoms with Crippen LogP contribution in [0.15, 0.2) is 18.3 Å². The van der Waals surface area contributed by atoms with Crippen molar-refractivity contribution < 1.29 is 9.59 Å². The highest BCUT2D eigenvalue weighted by molar-refractivity contribution is 8.21. The van der Waals surface area contributed by atoms with Gasteiger partial charge in [-0.1, -0.05) is 0 Å². The molecule has 142 valence electrons. The van der Waals surface area contributed by atoms with E-state index in [1.165, 1.54) is 0 Å². The third-order valence-corrected chi connectivity index (χ3v) is 7.74. The van der Waals surface area contributed by atoms with E-state index in [0.29, 0.717) is 18.0 Å². The molecule has 6 nitrogen and oxygen atoms in total. The largest absolute Gasteiger partial charge is 0.363 e. The normalized spacial score (nSPS) is 18.4. The molecule has 8 heteroatoms. The molecule has 0 aromatic carbocycles. The van der Waals surface area contributed by atoms with Crippen LogP contribution in [0.3, 0.4) is 0 Å². The molecule has 0 bridgehead atoms. The molecule has 1 aliphatic heterocycles. The molecular weight excluding hydrogens is 368 g/mol. The number of likely N-dealkylation sites (N-methyl/N-ethyl adjacent to an activating group) is 1. The highest BCUT2D eigenvalue weighted by Gasteiger charge is 2.37. The van der Waals surface area contributed by atoms with Gasteiger partial charge in [0.15, 0.2) is 0 Å². The summed E-state index contributed by atoms with van der Waals surface area (Å²) in [5, 5.41) is 3.07. The summed E-state index contributed by atoms with van der Waals surface area (Å²) in [6.07, 6.45) is 3.90.